The summed E-state index contributed by atoms with van der Waals surface area (Å²) in [6.07, 6.45) is 1.61. The van der Waals surface area contributed by atoms with Crippen LogP contribution in [-0.2, 0) is 5.41 Å². The quantitative estimate of drug-likeness (QED) is 0.811. The van der Waals surface area contributed by atoms with Crippen LogP contribution in [0.4, 0.5) is 4.39 Å². The number of benzene rings is 1. The minimum Gasteiger partial charge on any atom is -0.240 e. The highest BCUT2D eigenvalue weighted by Crippen LogP contribution is 2.22. The van der Waals surface area contributed by atoms with Crippen LogP contribution in [0.15, 0.2) is 36.5 Å². The van der Waals surface area contributed by atoms with E-state index >= 15 is 0 Å². The van der Waals surface area contributed by atoms with Crippen molar-refractivity contribution < 1.29 is 4.39 Å². The maximum Gasteiger partial charge on any atom is 0.148 e. The fraction of sp³-hybridized carbons (Fsp3) is 0.214. The van der Waals surface area contributed by atoms with Crippen LogP contribution < -0.4 is 0 Å². The number of nitriles is 1. The van der Waals surface area contributed by atoms with Crippen molar-refractivity contribution in [3.8, 4) is 17.3 Å². The molecule has 0 aliphatic carbocycles. The monoisotopic (exact) mass is 241 g/mol. The zero-order chi connectivity index (χ0) is 13.2. The van der Waals surface area contributed by atoms with Crippen molar-refractivity contribution >= 4 is 0 Å². The Kier molecular flexibility index (Phi) is 3.07. The Hall–Kier alpha value is -2.28. The highest BCUT2D eigenvalue weighted by Gasteiger charge is 2.23. The van der Waals surface area contributed by atoms with Gasteiger partial charge in [0.25, 0.3) is 0 Å². The first-order chi connectivity index (χ1) is 8.53. The summed E-state index contributed by atoms with van der Waals surface area (Å²) in [7, 11) is 0. The van der Waals surface area contributed by atoms with E-state index in [0.717, 1.165) is 5.56 Å². The Morgan fingerprint density at radius 1 is 1.17 bits per heavy atom. The van der Waals surface area contributed by atoms with Gasteiger partial charge in [-0.05, 0) is 44.2 Å². The summed E-state index contributed by atoms with van der Waals surface area (Å²) in [4.78, 5) is 8.48. The second-order valence-corrected chi connectivity index (χ2v) is 4.51. The molecule has 1 heterocycles. The molecular formula is C14H12FN3. The number of nitrogens with zero attached hydrogens (tertiary/aromatic N) is 3. The van der Waals surface area contributed by atoms with Crippen molar-refractivity contribution in [1.82, 2.24) is 9.97 Å². The van der Waals surface area contributed by atoms with Crippen LogP contribution in [0.1, 0.15) is 19.7 Å². The normalized spacial score (nSPS) is 11.0. The fourth-order valence-electron chi connectivity index (χ4n) is 1.49. The van der Waals surface area contributed by atoms with E-state index in [1.54, 1.807) is 38.2 Å². The van der Waals surface area contributed by atoms with Crippen molar-refractivity contribution in [2.45, 2.75) is 19.3 Å². The van der Waals surface area contributed by atoms with E-state index in [2.05, 4.69) is 16.0 Å². The molecule has 0 radical (unpaired) electrons. The van der Waals surface area contributed by atoms with Gasteiger partial charge in [-0.3, -0.25) is 0 Å². The summed E-state index contributed by atoms with van der Waals surface area (Å²) in [5.41, 5.74) is 0.743. The molecule has 90 valence electrons. The lowest BCUT2D eigenvalue weighted by atomic mass is 9.94. The lowest BCUT2D eigenvalue weighted by Crippen LogP contribution is -2.18. The standard InChI is InChI=1S/C14H12FN3/c1-14(2,9-16)13-17-8-7-12(18-13)10-3-5-11(15)6-4-10/h3-8H,1-2H3. The third kappa shape index (κ3) is 2.35. The predicted molar refractivity (Wildman–Crippen MR) is 66.1 cm³/mol. The topological polar surface area (TPSA) is 49.6 Å². The summed E-state index contributed by atoms with van der Waals surface area (Å²) in [6.45, 7) is 3.52. The van der Waals surface area contributed by atoms with Gasteiger partial charge in [0, 0.05) is 11.8 Å². The van der Waals surface area contributed by atoms with E-state index in [0.29, 0.717) is 11.5 Å². The van der Waals surface area contributed by atoms with E-state index in [1.807, 2.05) is 0 Å². The van der Waals surface area contributed by atoms with E-state index in [4.69, 9.17) is 5.26 Å². The van der Waals surface area contributed by atoms with Gasteiger partial charge in [-0.15, -0.1) is 0 Å². The summed E-state index contributed by atoms with van der Waals surface area (Å²) < 4.78 is 12.8. The van der Waals surface area contributed by atoms with Crippen molar-refractivity contribution in [2.24, 2.45) is 0 Å². The molecule has 2 rings (SSSR count). The molecule has 0 unspecified atom stereocenters. The summed E-state index contributed by atoms with van der Waals surface area (Å²) in [6, 6.07) is 9.97. The van der Waals surface area contributed by atoms with Gasteiger partial charge in [0.1, 0.15) is 17.1 Å². The summed E-state index contributed by atoms with van der Waals surface area (Å²) >= 11 is 0. The molecular weight excluding hydrogens is 229 g/mol. The second-order valence-electron chi connectivity index (χ2n) is 4.51. The Morgan fingerprint density at radius 3 is 2.44 bits per heavy atom. The second kappa shape index (κ2) is 4.53. The van der Waals surface area contributed by atoms with Crippen molar-refractivity contribution in [1.29, 1.82) is 5.26 Å². The lowest BCUT2D eigenvalue weighted by molar-refractivity contribution is 0.627. The van der Waals surface area contributed by atoms with Crippen LogP contribution >= 0.6 is 0 Å². The minimum atomic E-state index is -0.740. The molecule has 0 bridgehead atoms. The lowest BCUT2D eigenvalue weighted by Gasteiger charge is -2.13. The molecule has 1 aromatic carbocycles. The van der Waals surface area contributed by atoms with Gasteiger partial charge >= 0.3 is 0 Å². The Bertz CT molecular complexity index is 597. The van der Waals surface area contributed by atoms with E-state index in [1.165, 1.54) is 12.1 Å². The minimum absolute atomic E-state index is 0.287. The molecule has 0 atom stereocenters. The van der Waals surface area contributed by atoms with E-state index in [9.17, 15) is 4.39 Å². The third-order valence-electron chi connectivity index (χ3n) is 2.63. The molecule has 1 aromatic heterocycles. The molecule has 0 saturated carbocycles. The molecule has 0 fully saturated rings. The Balaban J connectivity index is 2.45. The van der Waals surface area contributed by atoms with E-state index < -0.39 is 5.41 Å². The van der Waals surface area contributed by atoms with Crippen LogP contribution in [0.3, 0.4) is 0 Å². The first kappa shape index (κ1) is 12.2. The first-order valence-corrected chi connectivity index (χ1v) is 5.53. The van der Waals surface area contributed by atoms with Gasteiger partial charge in [-0.25, -0.2) is 14.4 Å². The third-order valence-corrected chi connectivity index (χ3v) is 2.63. The van der Waals surface area contributed by atoms with Gasteiger partial charge in [0.2, 0.25) is 0 Å². The number of hydrogen-bond acceptors (Lipinski definition) is 3. The highest BCUT2D eigenvalue weighted by molar-refractivity contribution is 5.58. The van der Waals surface area contributed by atoms with Crippen molar-refractivity contribution in [2.75, 3.05) is 0 Å². The first-order valence-electron chi connectivity index (χ1n) is 5.53. The van der Waals surface area contributed by atoms with Gasteiger partial charge in [-0.2, -0.15) is 5.26 Å². The average molecular weight is 241 g/mol. The smallest absolute Gasteiger partial charge is 0.148 e. The zero-order valence-electron chi connectivity index (χ0n) is 10.2. The van der Waals surface area contributed by atoms with Crippen LogP contribution in [0.5, 0.6) is 0 Å². The van der Waals surface area contributed by atoms with Gasteiger partial charge in [-0.1, -0.05) is 0 Å². The van der Waals surface area contributed by atoms with Gasteiger partial charge in [0.15, 0.2) is 0 Å². The highest BCUT2D eigenvalue weighted by atomic mass is 19.1. The molecule has 3 nitrogen and oxygen atoms in total. The predicted octanol–water partition coefficient (Wildman–Crippen LogP) is 3.08. The molecule has 18 heavy (non-hydrogen) atoms. The number of aromatic nitrogens is 2. The number of halogens is 1. The van der Waals surface area contributed by atoms with Crippen molar-refractivity contribution in [3.05, 3.63) is 48.2 Å². The van der Waals surface area contributed by atoms with E-state index in [-0.39, 0.29) is 5.82 Å². The Labute approximate surface area is 105 Å². The van der Waals surface area contributed by atoms with Crippen LogP contribution in [0, 0.1) is 17.1 Å². The molecule has 0 saturated heterocycles. The molecule has 0 spiro atoms. The van der Waals surface area contributed by atoms with Crippen LogP contribution in [-0.4, -0.2) is 9.97 Å². The molecule has 2 aromatic rings. The fourth-order valence-corrected chi connectivity index (χ4v) is 1.49. The summed E-state index contributed by atoms with van der Waals surface area (Å²) in [5, 5.41) is 9.07. The molecule has 4 heteroatoms. The summed E-state index contributed by atoms with van der Waals surface area (Å²) in [5.74, 6) is 0.178. The average Bonchev–Trinajstić information content (AvgIpc) is 2.40. The zero-order valence-corrected chi connectivity index (χ0v) is 10.2. The maximum atomic E-state index is 12.8. The van der Waals surface area contributed by atoms with Crippen molar-refractivity contribution in [3.63, 3.8) is 0 Å². The largest absolute Gasteiger partial charge is 0.240 e. The number of hydrogen-bond donors (Lipinski definition) is 0. The SMILES string of the molecule is CC(C)(C#N)c1nccc(-c2ccc(F)cc2)n1. The van der Waals surface area contributed by atoms with Crippen LogP contribution in [0.25, 0.3) is 11.3 Å². The number of rotatable bonds is 2. The Morgan fingerprint density at radius 2 is 1.83 bits per heavy atom. The molecule has 0 amide bonds. The molecule has 0 aliphatic heterocycles. The van der Waals surface area contributed by atoms with Crippen LogP contribution in [0.2, 0.25) is 0 Å². The van der Waals surface area contributed by atoms with Gasteiger partial charge < -0.3 is 0 Å². The maximum absolute atomic E-state index is 12.8. The molecule has 0 N–H and O–H groups in total. The van der Waals surface area contributed by atoms with Gasteiger partial charge in [0.05, 0.1) is 11.8 Å². The molecule has 0 aliphatic rings.